The number of carbonyl (C=O) groups is 1. The van der Waals surface area contributed by atoms with Crippen molar-refractivity contribution in [2.45, 2.75) is 23.4 Å². The van der Waals surface area contributed by atoms with Crippen molar-refractivity contribution in [2.24, 2.45) is 5.92 Å². The summed E-state index contributed by atoms with van der Waals surface area (Å²) in [5, 5.41) is 0. The lowest BCUT2D eigenvalue weighted by atomic mass is 9.85. The van der Waals surface area contributed by atoms with E-state index < -0.39 is 11.7 Å². The van der Waals surface area contributed by atoms with E-state index in [9.17, 15) is 22.4 Å². The SMILES string of the molecule is O=C(N1CCOCC1)N1C[C@H](CSc2cccc(F)c2)C[C@H](c2ccc(C(F)(F)F)cc2)C1. The highest BCUT2D eigenvalue weighted by Crippen LogP contribution is 2.36. The Morgan fingerprint density at radius 2 is 1.76 bits per heavy atom. The third-order valence-corrected chi connectivity index (χ3v) is 7.31. The minimum absolute atomic E-state index is 0.0596. The molecule has 0 saturated carbocycles. The molecule has 2 aromatic rings. The zero-order valence-corrected chi connectivity index (χ0v) is 18.9. The molecule has 0 bridgehead atoms. The molecular weight excluding hydrogens is 456 g/mol. The molecule has 0 unspecified atom stereocenters. The molecule has 2 aliphatic heterocycles. The van der Waals surface area contributed by atoms with Crippen molar-refractivity contribution in [3.8, 4) is 0 Å². The summed E-state index contributed by atoms with van der Waals surface area (Å²) in [6.07, 6.45) is -3.63. The van der Waals surface area contributed by atoms with Crippen molar-refractivity contribution in [3.63, 3.8) is 0 Å². The molecule has 0 aromatic heterocycles. The van der Waals surface area contributed by atoms with E-state index in [0.717, 1.165) is 29.0 Å². The lowest BCUT2D eigenvalue weighted by molar-refractivity contribution is -0.137. The van der Waals surface area contributed by atoms with Gasteiger partial charge in [0.05, 0.1) is 18.8 Å². The van der Waals surface area contributed by atoms with E-state index in [-0.39, 0.29) is 23.7 Å². The predicted molar refractivity (Wildman–Crippen MR) is 119 cm³/mol. The van der Waals surface area contributed by atoms with E-state index in [1.165, 1.54) is 36.0 Å². The predicted octanol–water partition coefficient (Wildman–Crippen LogP) is 5.49. The molecule has 9 heteroatoms. The third-order valence-electron chi connectivity index (χ3n) is 6.08. The first kappa shape index (κ1) is 23.9. The Balaban J connectivity index is 1.50. The van der Waals surface area contributed by atoms with Crippen molar-refractivity contribution < 1.29 is 27.1 Å². The number of amides is 2. The molecule has 0 spiro atoms. The third kappa shape index (κ3) is 6.20. The number of benzene rings is 2. The second-order valence-corrected chi connectivity index (χ2v) is 9.57. The molecule has 2 heterocycles. The van der Waals surface area contributed by atoms with Crippen LogP contribution in [-0.2, 0) is 10.9 Å². The second-order valence-electron chi connectivity index (χ2n) is 8.47. The highest BCUT2D eigenvalue weighted by molar-refractivity contribution is 7.99. The van der Waals surface area contributed by atoms with Crippen LogP contribution >= 0.6 is 11.8 Å². The maximum atomic E-state index is 13.5. The van der Waals surface area contributed by atoms with Gasteiger partial charge in [0.1, 0.15) is 5.82 Å². The highest BCUT2D eigenvalue weighted by Gasteiger charge is 2.34. The lowest BCUT2D eigenvalue weighted by Crippen LogP contribution is -2.52. The van der Waals surface area contributed by atoms with E-state index >= 15 is 0 Å². The average Bonchev–Trinajstić information content (AvgIpc) is 2.82. The summed E-state index contributed by atoms with van der Waals surface area (Å²) in [6, 6.07) is 11.6. The Morgan fingerprint density at radius 3 is 2.42 bits per heavy atom. The number of morpholine rings is 1. The van der Waals surface area contributed by atoms with Gasteiger partial charge in [0.25, 0.3) is 0 Å². The van der Waals surface area contributed by atoms with Crippen LogP contribution in [0.2, 0.25) is 0 Å². The molecule has 0 aliphatic carbocycles. The number of hydrogen-bond acceptors (Lipinski definition) is 3. The van der Waals surface area contributed by atoms with Crippen LogP contribution in [0.4, 0.5) is 22.4 Å². The maximum Gasteiger partial charge on any atom is 0.416 e. The van der Waals surface area contributed by atoms with Crippen LogP contribution in [0, 0.1) is 11.7 Å². The fourth-order valence-electron chi connectivity index (χ4n) is 4.39. The molecule has 2 aromatic carbocycles. The Kier molecular flexibility index (Phi) is 7.48. The van der Waals surface area contributed by atoms with E-state index in [1.807, 2.05) is 11.0 Å². The standard InChI is InChI=1S/C24H26F4N2O2S/c25-21-2-1-3-22(13-21)33-16-17-12-19(18-4-6-20(7-5-18)24(26,27)28)15-30(14-17)23(31)29-8-10-32-11-9-29/h1-7,13,17,19H,8-12,14-16H2/t17-,19+/m1/s1. The van der Waals surface area contributed by atoms with Crippen LogP contribution < -0.4 is 0 Å². The number of alkyl halides is 3. The van der Waals surface area contributed by atoms with Gasteiger partial charge in [0.15, 0.2) is 0 Å². The first-order valence-corrected chi connectivity index (χ1v) is 12.0. The molecule has 33 heavy (non-hydrogen) atoms. The van der Waals surface area contributed by atoms with Gasteiger partial charge in [-0.05, 0) is 48.2 Å². The number of thioether (sulfide) groups is 1. The minimum atomic E-state index is -4.38. The Hall–Kier alpha value is -2.26. The van der Waals surface area contributed by atoms with Crippen LogP contribution in [0.15, 0.2) is 53.4 Å². The summed E-state index contributed by atoms with van der Waals surface area (Å²) < 4.78 is 57.9. The number of hydrogen-bond donors (Lipinski definition) is 0. The first-order valence-electron chi connectivity index (χ1n) is 11.0. The van der Waals surface area contributed by atoms with Crippen molar-refractivity contribution in [3.05, 3.63) is 65.5 Å². The van der Waals surface area contributed by atoms with Gasteiger partial charge >= 0.3 is 12.2 Å². The van der Waals surface area contributed by atoms with Crippen LogP contribution in [0.25, 0.3) is 0 Å². The largest absolute Gasteiger partial charge is 0.416 e. The van der Waals surface area contributed by atoms with Gasteiger partial charge in [0.2, 0.25) is 0 Å². The Bertz CT molecular complexity index is 948. The minimum Gasteiger partial charge on any atom is -0.378 e. The number of rotatable bonds is 4. The Labute approximate surface area is 194 Å². The molecule has 2 aliphatic rings. The lowest BCUT2D eigenvalue weighted by Gasteiger charge is -2.41. The van der Waals surface area contributed by atoms with Crippen LogP contribution in [0.1, 0.15) is 23.5 Å². The molecule has 0 radical (unpaired) electrons. The summed E-state index contributed by atoms with van der Waals surface area (Å²) in [4.78, 5) is 17.6. The molecular formula is C24H26F4N2O2S. The monoisotopic (exact) mass is 482 g/mol. The maximum absolute atomic E-state index is 13.5. The number of piperidine rings is 1. The van der Waals surface area contributed by atoms with Crippen LogP contribution in [0.3, 0.4) is 0 Å². The van der Waals surface area contributed by atoms with Crippen LogP contribution in [-0.4, -0.2) is 61.0 Å². The number of carbonyl (C=O) groups excluding carboxylic acids is 1. The Morgan fingerprint density at radius 1 is 1.03 bits per heavy atom. The molecule has 2 atom stereocenters. The molecule has 4 rings (SSSR count). The molecule has 0 N–H and O–H groups in total. The van der Waals surface area contributed by atoms with Gasteiger partial charge in [-0.2, -0.15) is 13.2 Å². The topological polar surface area (TPSA) is 32.8 Å². The second kappa shape index (κ2) is 10.3. The van der Waals surface area contributed by atoms with Gasteiger partial charge in [-0.3, -0.25) is 0 Å². The van der Waals surface area contributed by atoms with Crippen molar-refractivity contribution in [1.82, 2.24) is 9.80 Å². The summed E-state index contributed by atoms with van der Waals surface area (Å²) in [5.74, 6) is 0.455. The van der Waals surface area contributed by atoms with Gasteiger partial charge in [-0.25, -0.2) is 9.18 Å². The van der Waals surface area contributed by atoms with Crippen molar-refractivity contribution in [2.75, 3.05) is 45.1 Å². The van der Waals surface area contributed by atoms with Gasteiger partial charge < -0.3 is 14.5 Å². The molecule has 178 valence electrons. The average molecular weight is 483 g/mol. The zero-order chi connectivity index (χ0) is 23.4. The zero-order valence-electron chi connectivity index (χ0n) is 18.1. The summed E-state index contributed by atoms with van der Waals surface area (Å²) >= 11 is 1.53. The van der Waals surface area contributed by atoms with Gasteiger partial charge in [0, 0.05) is 42.7 Å². The number of halogens is 4. The van der Waals surface area contributed by atoms with E-state index in [1.54, 1.807) is 11.0 Å². The quantitative estimate of drug-likeness (QED) is 0.427. The first-order chi connectivity index (χ1) is 15.8. The summed E-state index contributed by atoms with van der Waals surface area (Å²) in [5.41, 5.74) is 0.116. The fourth-order valence-corrected chi connectivity index (χ4v) is 5.43. The highest BCUT2D eigenvalue weighted by atomic mass is 32.2. The number of nitrogens with zero attached hydrogens (tertiary/aromatic N) is 2. The summed E-state index contributed by atoms with van der Waals surface area (Å²) in [6.45, 7) is 3.09. The van der Waals surface area contributed by atoms with E-state index in [2.05, 4.69) is 0 Å². The fraction of sp³-hybridized carbons (Fsp3) is 0.458. The van der Waals surface area contributed by atoms with Gasteiger partial charge in [-0.15, -0.1) is 11.8 Å². The van der Waals surface area contributed by atoms with Gasteiger partial charge in [-0.1, -0.05) is 18.2 Å². The number of ether oxygens (including phenoxy) is 1. The normalized spacial score (nSPS) is 21.8. The van der Waals surface area contributed by atoms with Crippen molar-refractivity contribution >= 4 is 17.8 Å². The number of likely N-dealkylation sites (tertiary alicyclic amines) is 1. The van der Waals surface area contributed by atoms with E-state index in [0.29, 0.717) is 45.1 Å². The summed E-state index contributed by atoms with van der Waals surface area (Å²) in [7, 11) is 0. The molecule has 4 nitrogen and oxygen atoms in total. The molecule has 2 saturated heterocycles. The molecule has 2 fully saturated rings. The smallest absolute Gasteiger partial charge is 0.378 e. The van der Waals surface area contributed by atoms with Crippen molar-refractivity contribution in [1.29, 1.82) is 0 Å². The molecule has 2 amide bonds. The van der Waals surface area contributed by atoms with E-state index in [4.69, 9.17) is 4.74 Å². The number of urea groups is 1. The van der Waals surface area contributed by atoms with Crippen LogP contribution in [0.5, 0.6) is 0 Å².